The molecule has 1 heterocycles. The fraction of sp³-hybridized carbons (Fsp3) is 0.400. The van der Waals surface area contributed by atoms with Crippen LogP contribution in [0.1, 0.15) is 19.3 Å². The number of carbonyl (C=O) groups is 1. The normalized spacial score (nSPS) is 21.2. The number of hydrogen-bond donors (Lipinski definition) is 1. The van der Waals surface area contributed by atoms with Crippen LogP contribution >= 0.6 is 11.5 Å². The molecule has 1 N–H and O–H groups in total. The molecule has 6 heteroatoms. The van der Waals surface area contributed by atoms with E-state index >= 15 is 0 Å². The van der Waals surface area contributed by atoms with E-state index < -0.39 is 0 Å². The van der Waals surface area contributed by atoms with Crippen LogP contribution in [0.5, 0.6) is 0 Å². The van der Waals surface area contributed by atoms with E-state index in [9.17, 15) is 4.79 Å². The molecule has 1 aromatic heterocycles. The number of esters is 1. The summed E-state index contributed by atoms with van der Waals surface area (Å²) in [6.45, 7) is 0. The third-order valence-electron chi connectivity index (χ3n) is 3.75. The van der Waals surface area contributed by atoms with E-state index in [0.29, 0.717) is 0 Å². The van der Waals surface area contributed by atoms with Gasteiger partial charge in [-0.2, -0.15) is 9.36 Å². The highest BCUT2D eigenvalue weighted by Crippen LogP contribution is 2.30. The number of methoxy groups -OCH3 is 1. The minimum atomic E-state index is -0.110. The number of nitrogens with one attached hydrogen (secondary N) is 1. The van der Waals surface area contributed by atoms with Crippen molar-refractivity contribution in [2.45, 2.75) is 25.3 Å². The van der Waals surface area contributed by atoms with Gasteiger partial charge in [-0.15, -0.1) is 0 Å². The molecular weight excluding hydrogens is 286 g/mol. The molecule has 1 aliphatic carbocycles. The van der Waals surface area contributed by atoms with E-state index in [4.69, 9.17) is 4.74 Å². The molecule has 0 amide bonds. The minimum Gasteiger partial charge on any atom is -0.469 e. The second kappa shape index (κ2) is 6.22. The first kappa shape index (κ1) is 14.0. The first-order chi connectivity index (χ1) is 10.3. The van der Waals surface area contributed by atoms with Crippen LogP contribution in [0.3, 0.4) is 0 Å². The van der Waals surface area contributed by atoms with E-state index in [2.05, 4.69) is 14.7 Å². The Kier molecular flexibility index (Phi) is 4.15. The molecule has 0 saturated heterocycles. The zero-order valence-electron chi connectivity index (χ0n) is 11.8. The maximum Gasteiger partial charge on any atom is 0.308 e. The maximum atomic E-state index is 11.5. The Morgan fingerprint density at radius 1 is 1.33 bits per heavy atom. The summed E-state index contributed by atoms with van der Waals surface area (Å²) in [4.78, 5) is 16.0. The lowest BCUT2D eigenvalue weighted by molar-refractivity contribution is -0.145. The highest BCUT2D eigenvalue weighted by Gasteiger charge is 2.31. The second-order valence-electron chi connectivity index (χ2n) is 5.16. The fourth-order valence-electron chi connectivity index (χ4n) is 2.65. The number of benzene rings is 1. The summed E-state index contributed by atoms with van der Waals surface area (Å²) in [5, 5.41) is 4.19. The van der Waals surface area contributed by atoms with E-state index in [1.54, 1.807) is 0 Å². The van der Waals surface area contributed by atoms with Crippen molar-refractivity contribution in [3.8, 4) is 11.4 Å². The third-order valence-corrected chi connectivity index (χ3v) is 4.40. The van der Waals surface area contributed by atoms with Gasteiger partial charge in [0, 0.05) is 23.1 Å². The molecule has 0 unspecified atom stereocenters. The number of ether oxygens (including phenoxy) is 1. The number of carbonyl (C=O) groups excluding carboxylic acids is 1. The Hall–Kier alpha value is -1.95. The van der Waals surface area contributed by atoms with Gasteiger partial charge >= 0.3 is 5.97 Å². The van der Waals surface area contributed by atoms with Crippen LogP contribution in [0.2, 0.25) is 0 Å². The van der Waals surface area contributed by atoms with Crippen LogP contribution < -0.4 is 5.32 Å². The first-order valence-electron chi connectivity index (χ1n) is 7.00. The van der Waals surface area contributed by atoms with Gasteiger partial charge in [0.05, 0.1) is 13.0 Å². The van der Waals surface area contributed by atoms with Gasteiger partial charge in [0.15, 0.2) is 5.82 Å². The Balaban J connectivity index is 1.62. The SMILES string of the molecule is COC(=O)[C@H]1CC[C@@H](Nc2nc(-c3ccccc3)ns2)C1. The second-order valence-corrected chi connectivity index (χ2v) is 5.92. The van der Waals surface area contributed by atoms with E-state index in [-0.39, 0.29) is 17.9 Å². The number of nitrogens with zero attached hydrogens (tertiary/aromatic N) is 2. The van der Waals surface area contributed by atoms with Gasteiger partial charge in [-0.3, -0.25) is 4.79 Å². The van der Waals surface area contributed by atoms with Crippen LogP contribution in [0.4, 0.5) is 5.13 Å². The van der Waals surface area contributed by atoms with Gasteiger partial charge < -0.3 is 10.1 Å². The molecule has 3 rings (SSSR count). The number of hydrogen-bond acceptors (Lipinski definition) is 6. The lowest BCUT2D eigenvalue weighted by Crippen LogP contribution is -2.18. The van der Waals surface area contributed by atoms with Crippen LogP contribution in [-0.2, 0) is 9.53 Å². The van der Waals surface area contributed by atoms with E-state index in [1.165, 1.54) is 18.6 Å². The van der Waals surface area contributed by atoms with Crippen molar-refractivity contribution in [2.75, 3.05) is 12.4 Å². The van der Waals surface area contributed by atoms with Crippen LogP contribution in [-0.4, -0.2) is 28.5 Å². The summed E-state index contributed by atoms with van der Waals surface area (Å²) in [6.07, 6.45) is 2.63. The first-order valence-corrected chi connectivity index (χ1v) is 7.77. The predicted octanol–water partition coefficient (Wildman–Crippen LogP) is 2.96. The van der Waals surface area contributed by atoms with Crippen molar-refractivity contribution in [3.05, 3.63) is 30.3 Å². The zero-order chi connectivity index (χ0) is 14.7. The quantitative estimate of drug-likeness (QED) is 0.880. The van der Waals surface area contributed by atoms with Gasteiger partial charge in [0.25, 0.3) is 0 Å². The summed E-state index contributed by atoms with van der Waals surface area (Å²) in [6, 6.07) is 10.2. The Morgan fingerprint density at radius 2 is 2.14 bits per heavy atom. The molecule has 21 heavy (non-hydrogen) atoms. The third kappa shape index (κ3) is 3.21. The molecule has 1 aromatic carbocycles. The fourth-order valence-corrected chi connectivity index (χ4v) is 3.32. The van der Waals surface area contributed by atoms with Crippen molar-refractivity contribution in [2.24, 2.45) is 5.92 Å². The number of rotatable bonds is 4. The molecule has 0 spiro atoms. The lowest BCUT2D eigenvalue weighted by atomic mass is 10.1. The van der Waals surface area contributed by atoms with E-state index in [1.807, 2.05) is 30.3 Å². The Morgan fingerprint density at radius 3 is 2.90 bits per heavy atom. The van der Waals surface area contributed by atoms with Gasteiger partial charge in [-0.05, 0) is 19.3 Å². The van der Waals surface area contributed by atoms with Crippen LogP contribution in [0, 0.1) is 5.92 Å². The van der Waals surface area contributed by atoms with Gasteiger partial charge in [0.2, 0.25) is 5.13 Å². The summed E-state index contributed by atoms with van der Waals surface area (Å²) < 4.78 is 9.18. The molecule has 1 saturated carbocycles. The molecule has 5 nitrogen and oxygen atoms in total. The highest BCUT2D eigenvalue weighted by atomic mass is 32.1. The maximum absolute atomic E-state index is 11.5. The summed E-state index contributed by atoms with van der Waals surface area (Å²) in [5.41, 5.74) is 1.01. The van der Waals surface area contributed by atoms with Crippen molar-refractivity contribution in [1.82, 2.24) is 9.36 Å². The van der Waals surface area contributed by atoms with E-state index in [0.717, 1.165) is 35.8 Å². The van der Waals surface area contributed by atoms with Gasteiger partial charge in [-0.1, -0.05) is 30.3 Å². The molecule has 1 aliphatic rings. The molecule has 2 aromatic rings. The summed E-state index contributed by atoms with van der Waals surface area (Å²) >= 11 is 1.36. The monoisotopic (exact) mass is 303 g/mol. The standard InChI is InChI=1S/C15H17N3O2S/c1-20-14(19)11-7-8-12(9-11)16-15-17-13(18-21-15)10-5-3-2-4-6-10/h2-6,11-12H,7-9H2,1H3,(H,16,17,18)/t11-,12+/m0/s1. The summed E-state index contributed by atoms with van der Waals surface area (Å²) in [7, 11) is 1.44. The lowest BCUT2D eigenvalue weighted by Gasteiger charge is -2.10. The van der Waals surface area contributed by atoms with Crippen molar-refractivity contribution < 1.29 is 9.53 Å². The number of aromatic nitrogens is 2. The predicted molar refractivity (Wildman–Crippen MR) is 82.1 cm³/mol. The van der Waals surface area contributed by atoms with Gasteiger partial charge in [0.1, 0.15) is 0 Å². The molecule has 2 atom stereocenters. The molecule has 110 valence electrons. The Labute approximate surface area is 127 Å². The molecule has 1 fully saturated rings. The minimum absolute atomic E-state index is 0.00835. The molecule has 0 aliphatic heterocycles. The van der Waals surface area contributed by atoms with Crippen molar-refractivity contribution in [1.29, 1.82) is 0 Å². The average molecular weight is 303 g/mol. The summed E-state index contributed by atoms with van der Waals surface area (Å²) in [5.74, 6) is 0.640. The zero-order valence-corrected chi connectivity index (χ0v) is 12.6. The van der Waals surface area contributed by atoms with Crippen molar-refractivity contribution in [3.63, 3.8) is 0 Å². The Bertz CT molecular complexity index is 614. The number of anilines is 1. The largest absolute Gasteiger partial charge is 0.469 e. The van der Waals surface area contributed by atoms with Crippen LogP contribution in [0.15, 0.2) is 30.3 Å². The average Bonchev–Trinajstić information content (AvgIpc) is 3.17. The van der Waals surface area contributed by atoms with Crippen molar-refractivity contribution >= 4 is 22.6 Å². The smallest absolute Gasteiger partial charge is 0.308 e. The molecular formula is C15H17N3O2S. The van der Waals surface area contributed by atoms with Crippen LogP contribution in [0.25, 0.3) is 11.4 Å². The topological polar surface area (TPSA) is 64.1 Å². The molecule has 0 radical (unpaired) electrons. The van der Waals surface area contributed by atoms with Gasteiger partial charge in [-0.25, -0.2) is 0 Å². The molecule has 0 bridgehead atoms. The highest BCUT2D eigenvalue weighted by molar-refractivity contribution is 7.09.